The number of aryl methyl sites for hydroxylation is 1. The van der Waals surface area contributed by atoms with E-state index in [9.17, 15) is 0 Å². The lowest BCUT2D eigenvalue weighted by Gasteiger charge is -2.23. The Kier molecular flexibility index (Phi) is 2.97. The Morgan fingerprint density at radius 2 is 2.24 bits per heavy atom. The number of nitrogens with one attached hydrogen (secondary N) is 1. The minimum Gasteiger partial charge on any atom is -0.347 e. The van der Waals surface area contributed by atoms with Crippen LogP contribution in [0.15, 0.2) is 28.7 Å². The van der Waals surface area contributed by atoms with Crippen LogP contribution in [0.5, 0.6) is 0 Å². The summed E-state index contributed by atoms with van der Waals surface area (Å²) in [6.45, 7) is 2.29. The fraction of sp³-hybridized carbons (Fsp3) is 0.429. The lowest BCUT2D eigenvalue weighted by molar-refractivity contribution is 0.448. The Morgan fingerprint density at radius 3 is 3.00 bits per heavy atom. The molecule has 2 aromatic rings. The first-order valence-corrected chi connectivity index (χ1v) is 7.00. The van der Waals surface area contributed by atoms with Crippen molar-refractivity contribution in [3.05, 3.63) is 34.4 Å². The van der Waals surface area contributed by atoms with Crippen molar-refractivity contribution in [1.82, 2.24) is 9.88 Å². The first-order valence-electron chi connectivity index (χ1n) is 6.21. The van der Waals surface area contributed by atoms with E-state index in [1.165, 1.54) is 36.0 Å². The SMILES string of the molecule is Cn1c(C2CCCNC2)cc2cc(Br)ccc21. The molecule has 0 spiro atoms. The molecule has 3 rings (SSSR count). The highest BCUT2D eigenvalue weighted by Crippen LogP contribution is 2.30. The molecule has 90 valence electrons. The van der Waals surface area contributed by atoms with Crippen molar-refractivity contribution in [2.45, 2.75) is 18.8 Å². The number of benzene rings is 1. The van der Waals surface area contributed by atoms with E-state index in [0.29, 0.717) is 5.92 Å². The molecule has 0 saturated carbocycles. The molecule has 1 fully saturated rings. The predicted molar refractivity (Wildman–Crippen MR) is 75.5 cm³/mol. The molecule has 2 heterocycles. The van der Waals surface area contributed by atoms with Gasteiger partial charge in [-0.3, -0.25) is 0 Å². The van der Waals surface area contributed by atoms with Gasteiger partial charge in [-0.2, -0.15) is 0 Å². The Hall–Kier alpha value is -0.800. The first kappa shape index (κ1) is 11.3. The van der Waals surface area contributed by atoms with Crippen molar-refractivity contribution < 1.29 is 0 Å². The Labute approximate surface area is 110 Å². The zero-order chi connectivity index (χ0) is 11.8. The topological polar surface area (TPSA) is 17.0 Å². The molecule has 1 aromatic heterocycles. The molecule has 1 saturated heterocycles. The fourth-order valence-electron chi connectivity index (χ4n) is 2.84. The number of piperidine rings is 1. The predicted octanol–water partition coefficient (Wildman–Crippen LogP) is 3.41. The number of rotatable bonds is 1. The Bertz CT molecular complexity index is 538. The second kappa shape index (κ2) is 4.46. The van der Waals surface area contributed by atoms with E-state index >= 15 is 0 Å². The van der Waals surface area contributed by atoms with Gasteiger partial charge in [0.2, 0.25) is 0 Å². The standard InChI is InChI=1S/C14H17BrN2/c1-17-13-5-4-12(15)7-11(13)8-14(17)10-3-2-6-16-9-10/h4-5,7-8,10,16H,2-3,6,9H2,1H3. The summed E-state index contributed by atoms with van der Waals surface area (Å²) in [5.74, 6) is 0.667. The van der Waals surface area contributed by atoms with Crippen LogP contribution in [0.4, 0.5) is 0 Å². The third-order valence-corrected chi connectivity index (χ3v) is 4.25. The molecule has 17 heavy (non-hydrogen) atoms. The second-order valence-electron chi connectivity index (χ2n) is 4.87. The number of hydrogen-bond acceptors (Lipinski definition) is 1. The lowest BCUT2D eigenvalue weighted by atomic mass is 9.96. The summed E-state index contributed by atoms with van der Waals surface area (Å²) >= 11 is 3.54. The largest absolute Gasteiger partial charge is 0.347 e. The first-order chi connectivity index (χ1) is 8.25. The summed E-state index contributed by atoms with van der Waals surface area (Å²) < 4.78 is 3.50. The van der Waals surface area contributed by atoms with Gasteiger partial charge in [0.05, 0.1) is 0 Å². The zero-order valence-electron chi connectivity index (χ0n) is 10.0. The normalized spacial score (nSPS) is 20.9. The van der Waals surface area contributed by atoms with Crippen LogP contribution < -0.4 is 5.32 Å². The highest BCUT2D eigenvalue weighted by molar-refractivity contribution is 9.10. The van der Waals surface area contributed by atoms with Gasteiger partial charge in [0.1, 0.15) is 0 Å². The van der Waals surface area contributed by atoms with Gasteiger partial charge < -0.3 is 9.88 Å². The van der Waals surface area contributed by atoms with Crippen molar-refractivity contribution in [3.63, 3.8) is 0 Å². The van der Waals surface area contributed by atoms with Gasteiger partial charge in [-0.15, -0.1) is 0 Å². The van der Waals surface area contributed by atoms with E-state index < -0.39 is 0 Å². The van der Waals surface area contributed by atoms with Crippen molar-refractivity contribution in [1.29, 1.82) is 0 Å². The van der Waals surface area contributed by atoms with E-state index in [1.807, 2.05) is 0 Å². The number of aromatic nitrogens is 1. The Morgan fingerprint density at radius 1 is 1.35 bits per heavy atom. The van der Waals surface area contributed by atoms with Crippen molar-refractivity contribution >= 4 is 26.8 Å². The smallest absolute Gasteiger partial charge is 0.0480 e. The summed E-state index contributed by atoms with van der Waals surface area (Å²) in [7, 11) is 2.18. The van der Waals surface area contributed by atoms with E-state index in [4.69, 9.17) is 0 Å². The monoisotopic (exact) mass is 292 g/mol. The molecule has 1 atom stereocenters. The Balaban J connectivity index is 2.07. The highest BCUT2D eigenvalue weighted by Gasteiger charge is 2.19. The minimum atomic E-state index is 0.667. The molecule has 1 aromatic carbocycles. The van der Waals surface area contributed by atoms with E-state index in [1.54, 1.807) is 0 Å². The molecular weight excluding hydrogens is 276 g/mol. The molecular formula is C14H17BrN2. The van der Waals surface area contributed by atoms with Crippen molar-refractivity contribution in [3.8, 4) is 0 Å². The summed E-state index contributed by atoms with van der Waals surface area (Å²) in [4.78, 5) is 0. The maximum absolute atomic E-state index is 3.54. The van der Waals surface area contributed by atoms with Crippen LogP contribution in [-0.2, 0) is 7.05 Å². The molecule has 0 amide bonds. The summed E-state index contributed by atoms with van der Waals surface area (Å²) in [5.41, 5.74) is 2.79. The molecule has 1 N–H and O–H groups in total. The van der Waals surface area contributed by atoms with Crippen LogP contribution in [0, 0.1) is 0 Å². The average Bonchev–Trinajstić information content (AvgIpc) is 2.67. The van der Waals surface area contributed by atoms with Crippen LogP contribution in [0.25, 0.3) is 10.9 Å². The van der Waals surface area contributed by atoms with E-state index in [-0.39, 0.29) is 0 Å². The number of hydrogen-bond donors (Lipinski definition) is 1. The van der Waals surface area contributed by atoms with Crippen LogP contribution in [0.1, 0.15) is 24.5 Å². The van der Waals surface area contributed by atoms with Crippen LogP contribution in [0.2, 0.25) is 0 Å². The lowest BCUT2D eigenvalue weighted by Crippen LogP contribution is -2.29. The second-order valence-corrected chi connectivity index (χ2v) is 5.79. The average molecular weight is 293 g/mol. The van der Waals surface area contributed by atoms with Gasteiger partial charge >= 0.3 is 0 Å². The van der Waals surface area contributed by atoms with Crippen LogP contribution in [0.3, 0.4) is 0 Å². The minimum absolute atomic E-state index is 0.667. The van der Waals surface area contributed by atoms with Crippen molar-refractivity contribution in [2.24, 2.45) is 7.05 Å². The summed E-state index contributed by atoms with van der Waals surface area (Å²) in [6.07, 6.45) is 2.59. The third kappa shape index (κ3) is 2.02. The van der Waals surface area contributed by atoms with E-state index in [2.05, 4.69) is 57.1 Å². The van der Waals surface area contributed by atoms with Gasteiger partial charge in [-0.05, 0) is 43.7 Å². The van der Waals surface area contributed by atoms with Crippen LogP contribution in [-0.4, -0.2) is 17.7 Å². The number of fused-ring (bicyclic) bond motifs is 1. The highest BCUT2D eigenvalue weighted by atomic mass is 79.9. The molecule has 1 aliphatic rings. The molecule has 0 radical (unpaired) electrons. The van der Waals surface area contributed by atoms with Gasteiger partial charge in [-0.25, -0.2) is 0 Å². The molecule has 0 bridgehead atoms. The van der Waals surface area contributed by atoms with Crippen LogP contribution >= 0.6 is 15.9 Å². The molecule has 1 aliphatic heterocycles. The maximum Gasteiger partial charge on any atom is 0.0480 e. The molecule has 1 unspecified atom stereocenters. The summed E-state index contributed by atoms with van der Waals surface area (Å²) in [6, 6.07) is 8.86. The van der Waals surface area contributed by atoms with Gasteiger partial charge in [-0.1, -0.05) is 15.9 Å². The molecule has 3 heteroatoms. The molecule has 2 nitrogen and oxygen atoms in total. The number of halogens is 1. The number of nitrogens with zero attached hydrogens (tertiary/aromatic N) is 1. The quantitative estimate of drug-likeness (QED) is 0.852. The van der Waals surface area contributed by atoms with Gasteiger partial charge in [0, 0.05) is 40.6 Å². The van der Waals surface area contributed by atoms with Gasteiger partial charge in [0.25, 0.3) is 0 Å². The summed E-state index contributed by atoms with van der Waals surface area (Å²) in [5, 5.41) is 4.83. The maximum atomic E-state index is 3.54. The van der Waals surface area contributed by atoms with Crippen molar-refractivity contribution in [2.75, 3.05) is 13.1 Å². The third-order valence-electron chi connectivity index (χ3n) is 3.76. The van der Waals surface area contributed by atoms with E-state index in [0.717, 1.165) is 11.0 Å². The molecule has 0 aliphatic carbocycles. The zero-order valence-corrected chi connectivity index (χ0v) is 11.6. The fourth-order valence-corrected chi connectivity index (χ4v) is 3.22. The van der Waals surface area contributed by atoms with Gasteiger partial charge in [0.15, 0.2) is 0 Å².